The Labute approximate surface area is 123 Å². The molecule has 0 amide bonds. The number of carbonyl (C=O) groups excluding carboxylic acids is 1. The minimum atomic E-state index is -0.859. The van der Waals surface area contributed by atoms with Crippen molar-refractivity contribution >= 4 is 18.6 Å². The Morgan fingerprint density at radius 2 is 2.24 bits per heavy atom. The maximum absolute atomic E-state index is 14.1. The summed E-state index contributed by atoms with van der Waals surface area (Å²) in [5.74, 6) is -1.29. The average Bonchev–Trinajstić information content (AvgIpc) is 2.74. The van der Waals surface area contributed by atoms with Crippen molar-refractivity contribution in [2.24, 2.45) is 0 Å². The van der Waals surface area contributed by atoms with Crippen molar-refractivity contribution in [1.82, 2.24) is 0 Å². The molecular formula is C14H18BFO5. The van der Waals surface area contributed by atoms with Gasteiger partial charge in [0.2, 0.25) is 0 Å². The molecule has 1 aromatic rings. The van der Waals surface area contributed by atoms with E-state index < -0.39 is 24.5 Å². The first-order valence-corrected chi connectivity index (χ1v) is 6.78. The SMILES string of the molecule is CCOC(=O)Cc1cc(F)c(B2OCC(C)(C)O2)cc1O. The third-order valence-corrected chi connectivity index (χ3v) is 3.10. The summed E-state index contributed by atoms with van der Waals surface area (Å²) in [6.45, 7) is 5.92. The third kappa shape index (κ3) is 3.74. The predicted molar refractivity (Wildman–Crippen MR) is 74.9 cm³/mol. The summed E-state index contributed by atoms with van der Waals surface area (Å²) in [5.41, 5.74) is -0.214. The van der Waals surface area contributed by atoms with Gasteiger partial charge in [0.05, 0.1) is 25.2 Å². The molecule has 0 aliphatic carbocycles. The molecule has 0 atom stereocenters. The highest BCUT2D eigenvalue weighted by atomic mass is 19.1. The molecule has 1 N–H and O–H groups in total. The van der Waals surface area contributed by atoms with Crippen LogP contribution in [-0.2, 0) is 25.3 Å². The molecule has 0 spiro atoms. The molecule has 1 saturated heterocycles. The molecule has 7 heteroatoms. The monoisotopic (exact) mass is 296 g/mol. The Kier molecular flexibility index (Phi) is 4.53. The predicted octanol–water partition coefficient (Wildman–Crippen LogP) is 1.16. The number of phenolic OH excluding ortho intramolecular Hbond substituents is 1. The Bertz CT molecular complexity index is 546. The highest BCUT2D eigenvalue weighted by molar-refractivity contribution is 6.62. The maximum Gasteiger partial charge on any atom is 0.497 e. The first-order valence-electron chi connectivity index (χ1n) is 6.78. The van der Waals surface area contributed by atoms with Crippen LogP contribution in [0.5, 0.6) is 5.75 Å². The van der Waals surface area contributed by atoms with Crippen LogP contribution >= 0.6 is 0 Å². The van der Waals surface area contributed by atoms with Gasteiger partial charge in [0.25, 0.3) is 0 Å². The van der Waals surface area contributed by atoms with Crippen LogP contribution in [0.25, 0.3) is 0 Å². The second-order valence-electron chi connectivity index (χ2n) is 5.50. The van der Waals surface area contributed by atoms with Crippen LogP contribution in [0.15, 0.2) is 12.1 Å². The fraction of sp³-hybridized carbons (Fsp3) is 0.500. The molecule has 21 heavy (non-hydrogen) atoms. The Hall–Kier alpha value is -1.60. The summed E-state index contributed by atoms with van der Waals surface area (Å²) in [6, 6.07) is 2.34. The van der Waals surface area contributed by atoms with Gasteiger partial charge < -0.3 is 19.2 Å². The molecule has 1 fully saturated rings. The van der Waals surface area contributed by atoms with Crippen LogP contribution in [-0.4, -0.2) is 37.0 Å². The van der Waals surface area contributed by atoms with Gasteiger partial charge in [-0.05, 0) is 32.9 Å². The minimum Gasteiger partial charge on any atom is -0.508 e. The molecule has 0 unspecified atom stereocenters. The van der Waals surface area contributed by atoms with E-state index in [4.69, 9.17) is 14.0 Å². The third-order valence-electron chi connectivity index (χ3n) is 3.10. The van der Waals surface area contributed by atoms with Gasteiger partial charge in [-0.25, -0.2) is 4.39 Å². The second-order valence-corrected chi connectivity index (χ2v) is 5.50. The number of carbonyl (C=O) groups is 1. The fourth-order valence-electron chi connectivity index (χ4n) is 2.10. The lowest BCUT2D eigenvalue weighted by atomic mass is 9.78. The molecule has 5 nitrogen and oxygen atoms in total. The van der Waals surface area contributed by atoms with Crippen molar-refractivity contribution in [3.05, 3.63) is 23.5 Å². The van der Waals surface area contributed by atoms with Gasteiger partial charge in [-0.3, -0.25) is 4.79 Å². The number of esters is 1. The molecular weight excluding hydrogens is 278 g/mol. The summed E-state index contributed by atoms with van der Waals surface area (Å²) < 4.78 is 29.9. The van der Waals surface area contributed by atoms with Crippen molar-refractivity contribution < 1.29 is 28.3 Å². The summed E-state index contributed by atoms with van der Waals surface area (Å²) in [7, 11) is -0.859. The quantitative estimate of drug-likeness (QED) is 0.667. The zero-order valence-corrected chi connectivity index (χ0v) is 12.3. The Morgan fingerprint density at radius 1 is 1.52 bits per heavy atom. The molecule has 2 rings (SSSR count). The molecule has 0 aromatic heterocycles. The Balaban J connectivity index is 2.19. The molecule has 1 aliphatic rings. The molecule has 0 saturated carbocycles. The lowest BCUT2D eigenvalue weighted by Crippen LogP contribution is -2.36. The van der Waals surface area contributed by atoms with E-state index in [1.807, 2.05) is 13.8 Å². The molecule has 1 aliphatic heterocycles. The van der Waals surface area contributed by atoms with Gasteiger partial charge in [-0.1, -0.05) is 0 Å². The number of hydrogen-bond donors (Lipinski definition) is 1. The smallest absolute Gasteiger partial charge is 0.497 e. The van der Waals surface area contributed by atoms with Gasteiger partial charge in [-0.15, -0.1) is 0 Å². The lowest BCUT2D eigenvalue weighted by Gasteiger charge is -2.16. The van der Waals surface area contributed by atoms with E-state index in [9.17, 15) is 14.3 Å². The number of benzene rings is 1. The van der Waals surface area contributed by atoms with Crippen LogP contribution in [0.3, 0.4) is 0 Å². The van der Waals surface area contributed by atoms with E-state index in [0.29, 0.717) is 6.61 Å². The van der Waals surface area contributed by atoms with Crippen LogP contribution in [0.2, 0.25) is 0 Å². The molecule has 1 heterocycles. The van der Waals surface area contributed by atoms with E-state index >= 15 is 0 Å². The van der Waals surface area contributed by atoms with E-state index in [1.54, 1.807) is 6.92 Å². The highest BCUT2D eigenvalue weighted by Crippen LogP contribution is 2.23. The van der Waals surface area contributed by atoms with Gasteiger partial charge >= 0.3 is 13.1 Å². The average molecular weight is 296 g/mol. The van der Waals surface area contributed by atoms with Gasteiger partial charge in [0.1, 0.15) is 11.6 Å². The molecule has 0 bridgehead atoms. The zero-order chi connectivity index (χ0) is 15.6. The van der Waals surface area contributed by atoms with Crippen molar-refractivity contribution in [3.63, 3.8) is 0 Å². The fourth-order valence-corrected chi connectivity index (χ4v) is 2.10. The summed E-state index contributed by atoms with van der Waals surface area (Å²) in [6.07, 6.45) is -0.186. The number of halogens is 1. The Morgan fingerprint density at radius 3 is 2.81 bits per heavy atom. The summed E-state index contributed by atoms with van der Waals surface area (Å²) in [4.78, 5) is 11.4. The van der Waals surface area contributed by atoms with Gasteiger partial charge in [0.15, 0.2) is 0 Å². The van der Waals surface area contributed by atoms with Gasteiger partial charge in [-0.2, -0.15) is 0 Å². The molecule has 114 valence electrons. The van der Waals surface area contributed by atoms with Crippen molar-refractivity contribution in [3.8, 4) is 5.75 Å². The summed E-state index contributed by atoms with van der Waals surface area (Å²) in [5, 5.41) is 9.94. The molecule has 0 radical (unpaired) electrons. The standard InChI is InChI=1S/C14H18BFO5/c1-4-19-13(18)6-9-5-11(16)10(7-12(9)17)15-20-8-14(2,3)21-15/h5,7,17H,4,6,8H2,1-3H3. The normalized spacial score (nSPS) is 17.0. The van der Waals surface area contributed by atoms with Crippen LogP contribution in [0, 0.1) is 5.82 Å². The number of aromatic hydroxyl groups is 1. The second kappa shape index (κ2) is 6.03. The van der Waals surface area contributed by atoms with E-state index in [-0.39, 0.29) is 29.8 Å². The molecule has 1 aromatic carbocycles. The summed E-state index contributed by atoms with van der Waals surface area (Å²) >= 11 is 0. The largest absolute Gasteiger partial charge is 0.508 e. The number of hydrogen-bond acceptors (Lipinski definition) is 5. The van der Waals surface area contributed by atoms with Crippen molar-refractivity contribution in [2.45, 2.75) is 32.8 Å². The number of rotatable bonds is 4. The minimum absolute atomic E-state index is 0.116. The van der Waals surface area contributed by atoms with Crippen LogP contribution in [0.1, 0.15) is 26.3 Å². The first kappa shape index (κ1) is 15.8. The number of ether oxygens (including phenoxy) is 1. The highest BCUT2D eigenvalue weighted by Gasteiger charge is 2.40. The van der Waals surface area contributed by atoms with Crippen molar-refractivity contribution in [1.29, 1.82) is 0 Å². The zero-order valence-electron chi connectivity index (χ0n) is 12.3. The van der Waals surface area contributed by atoms with E-state index in [2.05, 4.69) is 0 Å². The van der Waals surface area contributed by atoms with Crippen molar-refractivity contribution in [2.75, 3.05) is 13.2 Å². The van der Waals surface area contributed by atoms with E-state index in [0.717, 1.165) is 6.07 Å². The number of phenols is 1. The first-order chi connectivity index (χ1) is 9.82. The maximum atomic E-state index is 14.1. The van der Waals surface area contributed by atoms with E-state index in [1.165, 1.54) is 6.07 Å². The van der Waals surface area contributed by atoms with Crippen LogP contribution < -0.4 is 5.46 Å². The lowest BCUT2D eigenvalue weighted by molar-refractivity contribution is -0.142. The topological polar surface area (TPSA) is 65.0 Å². The van der Waals surface area contributed by atoms with Gasteiger partial charge in [0, 0.05) is 11.0 Å². The van der Waals surface area contributed by atoms with Crippen LogP contribution in [0.4, 0.5) is 4.39 Å².